The molecule has 1 aromatic carbocycles. The molecule has 0 radical (unpaired) electrons. The summed E-state index contributed by atoms with van der Waals surface area (Å²) in [4.78, 5) is 15.1. The topological polar surface area (TPSA) is 29.5 Å². The van der Waals surface area contributed by atoms with E-state index in [0.29, 0.717) is 17.4 Å². The number of hydrogen-bond donors (Lipinski definition) is 0. The lowest BCUT2D eigenvalue weighted by Crippen LogP contribution is -2.60. The molecule has 22 heavy (non-hydrogen) atoms. The first-order valence-electron chi connectivity index (χ1n) is 8.17. The van der Waals surface area contributed by atoms with Crippen LogP contribution in [0.4, 0.5) is 0 Å². The Morgan fingerprint density at radius 2 is 1.95 bits per heavy atom. The van der Waals surface area contributed by atoms with Gasteiger partial charge in [-0.25, -0.2) is 4.79 Å². The number of benzene rings is 1. The molecule has 1 aliphatic carbocycles. The minimum Gasteiger partial charge on any atom is -0.458 e. The molecule has 0 spiro atoms. The number of nitrogens with zero attached hydrogens (tertiary/aromatic N) is 1. The summed E-state index contributed by atoms with van der Waals surface area (Å²) in [6.45, 7) is 3.51. The summed E-state index contributed by atoms with van der Waals surface area (Å²) in [7, 11) is 0. The Morgan fingerprint density at radius 3 is 2.73 bits per heavy atom. The van der Waals surface area contributed by atoms with Crippen molar-refractivity contribution in [3.63, 3.8) is 0 Å². The molecule has 4 bridgehead atoms. The number of piperidine rings is 3. The zero-order valence-electron chi connectivity index (χ0n) is 12.4. The van der Waals surface area contributed by atoms with Crippen LogP contribution in [0.2, 0.25) is 0 Å². The molecule has 2 atom stereocenters. The van der Waals surface area contributed by atoms with E-state index in [0.717, 1.165) is 24.4 Å². The minimum absolute atomic E-state index is 0.137. The Kier molecular flexibility index (Phi) is 2.86. The third kappa shape index (κ3) is 2.01. The van der Waals surface area contributed by atoms with E-state index in [-0.39, 0.29) is 12.1 Å². The Balaban J connectivity index is 1.38. The van der Waals surface area contributed by atoms with E-state index in [1.807, 2.05) is 18.2 Å². The molecule has 0 amide bonds. The first-order chi connectivity index (χ1) is 10.8. The SMILES string of the molecule is O=C(OC1C2CC3CC1CN(C3)C2)c1ccc2sccc2c1. The van der Waals surface area contributed by atoms with E-state index in [9.17, 15) is 4.79 Å². The number of carbonyl (C=O) groups excluding carboxylic acids is 1. The van der Waals surface area contributed by atoms with Crippen LogP contribution >= 0.6 is 11.3 Å². The van der Waals surface area contributed by atoms with Crippen molar-refractivity contribution in [3.05, 3.63) is 35.2 Å². The van der Waals surface area contributed by atoms with Gasteiger partial charge in [0.25, 0.3) is 0 Å². The van der Waals surface area contributed by atoms with E-state index >= 15 is 0 Å². The van der Waals surface area contributed by atoms with Crippen molar-refractivity contribution >= 4 is 27.4 Å². The van der Waals surface area contributed by atoms with Crippen molar-refractivity contribution in [3.8, 4) is 0 Å². The second-order valence-corrected chi connectivity index (χ2v) is 8.07. The summed E-state index contributed by atoms with van der Waals surface area (Å²) in [5.74, 6) is 1.82. The molecule has 4 aliphatic rings. The van der Waals surface area contributed by atoms with Gasteiger partial charge in [-0.3, -0.25) is 0 Å². The highest BCUT2D eigenvalue weighted by atomic mass is 32.1. The fourth-order valence-electron chi connectivity index (χ4n) is 4.84. The standard InChI is InChI=1S/C18H19NO2S/c20-18(13-1-2-16-12(7-13)3-4-22-16)21-17-14-5-11-6-15(17)10-19(8-11)9-14/h1-4,7,11,14-15,17H,5-6,8-10H2. The maximum Gasteiger partial charge on any atom is 0.338 e. The Bertz CT molecular complexity index is 710. The fourth-order valence-corrected chi connectivity index (χ4v) is 5.61. The molecule has 4 heteroatoms. The second kappa shape index (κ2) is 4.80. The first kappa shape index (κ1) is 13.1. The molecule has 3 saturated heterocycles. The first-order valence-corrected chi connectivity index (χ1v) is 9.05. The zero-order chi connectivity index (χ0) is 14.7. The van der Waals surface area contributed by atoms with Crippen molar-refractivity contribution in [1.82, 2.24) is 4.90 Å². The molecule has 1 aromatic heterocycles. The van der Waals surface area contributed by atoms with E-state index in [4.69, 9.17) is 4.74 Å². The van der Waals surface area contributed by atoms with E-state index in [1.54, 1.807) is 11.3 Å². The van der Waals surface area contributed by atoms with Crippen LogP contribution in [0.25, 0.3) is 10.1 Å². The summed E-state index contributed by atoms with van der Waals surface area (Å²) < 4.78 is 7.20. The fraction of sp³-hybridized carbons (Fsp3) is 0.500. The molecular weight excluding hydrogens is 294 g/mol. The molecule has 2 aromatic rings. The van der Waals surface area contributed by atoms with Gasteiger partial charge < -0.3 is 9.64 Å². The van der Waals surface area contributed by atoms with Crippen LogP contribution in [0.15, 0.2) is 29.6 Å². The molecule has 6 rings (SSSR count). The average Bonchev–Trinajstić information content (AvgIpc) is 2.97. The van der Waals surface area contributed by atoms with Gasteiger partial charge in [0.1, 0.15) is 6.10 Å². The van der Waals surface area contributed by atoms with Gasteiger partial charge >= 0.3 is 5.97 Å². The maximum absolute atomic E-state index is 12.6. The quantitative estimate of drug-likeness (QED) is 0.796. The predicted octanol–water partition coefficient (Wildman–Crippen LogP) is 3.40. The summed E-state index contributed by atoms with van der Waals surface area (Å²) >= 11 is 1.70. The molecule has 1 saturated carbocycles. The number of hydrogen-bond acceptors (Lipinski definition) is 4. The lowest BCUT2D eigenvalue weighted by Gasteiger charge is -2.55. The van der Waals surface area contributed by atoms with Crippen LogP contribution in [0.3, 0.4) is 0 Å². The van der Waals surface area contributed by atoms with Gasteiger partial charge in [-0.2, -0.15) is 0 Å². The number of thiophene rings is 1. The lowest BCUT2D eigenvalue weighted by molar-refractivity contribution is -0.116. The number of esters is 1. The number of fused-ring (bicyclic) bond motifs is 1. The van der Waals surface area contributed by atoms with Crippen molar-refractivity contribution in [1.29, 1.82) is 0 Å². The number of rotatable bonds is 2. The van der Waals surface area contributed by atoms with Gasteiger partial charge in [-0.15, -0.1) is 11.3 Å². The van der Waals surface area contributed by atoms with Crippen LogP contribution in [0, 0.1) is 17.8 Å². The zero-order valence-corrected chi connectivity index (χ0v) is 13.2. The van der Waals surface area contributed by atoms with Gasteiger partial charge in [0, 0.05) is 36.2 Å². The normalized spacial score (nSPS) is 35.9. The van der Waals surface area contributed by atoms with Crippen LogP contribution in [-0.4, -0.2) is 36.6 Å². The monoisotopic (exact) mass is 313 g/mol. The highest BCUT2D eigenvalue weighted by Gasteiger charge is 2.49. The Morgan fingerprint density at radius 1 is 1.14 bits per heavy atom. The average molecular weight is 313 g/mol. The predicted molar refractivity (Wildman–Crippen MR) is 87.2 cm³/mol. The van der Waals surface area contributed by atoms with Crippen molar-refractivity contribution in [2.45, 2.75) is 18.9 Å². The van der Waals surface area contributed by atoms with Gasteiger partial charge in [0.05, 0.1) is 5.56 Å². The molecule has 2 unspecified atom stereocenters. The Hall–Kier alpha value is -1.39. The molecular formula is C18H19NO2S. The molecule has 4 heterocycles. The molecule has 3 aliphatic heterocycles. The van der Waals surface area contributed by atoms with Gasteiger partial charge in [0.2, 0.25) is 0 Å². The van der Waals surface area contributed by atoms with Crippen molar-refractivity contribution in [2.24, 2.45) is 17.8 Å². The minimum atomic E-state index is -0.138. The van der Waals surface area contributed by atoms with Crippen LogP contribution in [0.5, 0.6) is 0 Å². The van der Waals surface area contributed by atoms with E-state index in [2.05, 4.69) is 16.3 Å². The van der Waals surface area contributed by atoms with Crippen molar-refractivity contribution in [2.75, 3.05) is 19.6 Å². The summed E-state index contributed by atoms with van der Waals surface area (Å²) in [5.41, 5.74) is 0.694. The third-order valence-corrected chi connectivity index (χ3v) is 6.53. The second-order valence-electron chi connectivity index (χ2n) is 7.12. The lowest BCUT2D eigenvalue weighted by atomic mass is 9.66. The molecule has 4 fully saturated rings. The van der Waals surface area contributed by atoms with Crippen LogP contribution in [0.1, 0.15) is 23.2 Å². The van der Waals surface area contributed by atoms with Crippen molar-refractivity contribution < 1.29 is 9.53 Å². The Labute approximate surface area is 133 Å². The van der Waals surface area contributed by atoms with Gasteiger partial charge in [0.15, 0.2) is 0 Å². The maximum atomic E-state index is 12.6. The van der Waals surface area contributed by atoms with Crippen LogP contribution < -0.4 is 0 Å². The third-order valence-electron chi connectivity index (χ3n) is 5.63. The summed E-state index contributed by atoms with van der Waals surface area (Å²) in [6, 6.07) is 7.96. The van der Waals surface area contributed by atoms with E-state index < -0.39 is 0 Å². The molecule has 0 N–H and O–H groups in total. The highest BCUT2D eigenvalue weighted by molar-refractivity contribution is 7.17. The van der Waals surface area contributed by atoms with Gasteiger partial charge in [-0.05, 0) is 53.8 Å². The number of carbonyl (C=O) groups is 1. The highest BCUT2D eigenvalue weighted by Crippen LogP contribution is 2.45. The van der Waals surface area contributed by atoms with Gasteiger partial charge in [-0.1, -0.05) is 0 Å². The summed E-state index contributed by atoms with van der Waals surface area (Å²) in [6.07, 6.45) is 2.63. The van der Waals surface area contributed by atoms with E-state index in [1.165, 1.54) is 24.1 Å². The number of ether oxygens (including phenoxy) is 1. The molecule has 3 nitrogen and oxygen atoms in total. The molecule has 114 valence electrons. The summed E-state index contributed by atoms with van der Waals surface area (Å²) in [5, 5.41) is 3.20. The van der Waals surface area contributed by atoms with Crippen LogP contribution in [-0.2, 0) is 4.74 Å². The smallest absolute Gasteiger partial charge is 0.338 e. The largest absolute Gasteiger partial charge is 0.458 e.